The van der Waals surface area contributed by atoms with Gasteiger partial charge in [0, 0.05) is 26.2 Å². The smallest absolute Gasteiger partial charge is 0.422 e. The summed E-state index contributed by atoms with van der Waals surface area (Å²) in [4.78, 5) is 16.7. The Labute approximate surface area is 189 Å². The summed E-state index contributed by atoms with van der Waals surface area (Å²) >= 11 is 0. The molecule has 0 saturated carbocycles. The number of amides is 2. The van der Waals surface area contributed by atoms with E-state index in [-0.39, 0.29) is 24.9 Å². The molecule has 10 heteroatoms. The molecule has 0 unspecified atom stereocenters. The minimum Gasteiger partial charge on any atom is -0.481 e. The van der Waals surface area contributed by atoms with E-state index in [9.17, 15) is 26.7 Å². The predicted octanol–water partition coefficient (Wildman–Crippen LogP) is 4.57. The highest BCUT2D eigenvalue weighted by molar-refractivity contribution is 5.74. The molecule has 1 heterocycles. The van der Waals surface area contributed by atoms with Crippen LogP contribution in [-0.2, 0) is 13.1 Å². The molecule has 0 bridgehead atoms. The Morgan fingerprint density at radius 3 is 2.45 bits per heavy atom. The van der Waals surface area contributed by atoms with Gasteiger partial charge in [-0.3, -0.25) is 0 Å². The number of carbonyl (C=O) groups excluding carboxylic acids is 1. The van der Waals surface area contributed by atoms with E-state index in [2.05, 4.69) is 15.0 Å². The fraction of sp³-hybridized carbons (Fsp3) is 0.435. The molecule has 33 heavy (non-hydrogen) atoms. The van der Waals surface area contributed by atoms with Crippen LogP contribution in [0.2, 0.25) is 0 Å². The quantitative estimate of drug-likeness (QED) is 0.574. The van der Waals surface area contributed by atoms with Gasteiger partial charge in [0.2, 0.25) is 0 Å². The molecular weight excluding hydrogens is 445 g/mol. The van der Waals surface area contributed by atoms with E-state index in [1.807, 2.05) is 7.05 Å². The molecule has 1 N–H and O–H groups in total. The van der Waals surface area contributed by atoms with Crippen molar-refractivity contribution >= 4 is 6.03 Å². The van der Waals surface area contributed by atoms with Crippen molar-refractivity contribution in [1.29, 1.82) is 0 Å². The number of rotatable bonds is 8. The highest BCUT2D eigenvalue weighted by Gasteiger charge is 2.29. The van der Waals surface area contributed by atoms with Crippen LogP contribution in [0.4, 0.5) is 26.7 Å². The van der Waals surface area contributed by atoms with Gasteiger partial charge in [0.05, 0.1) is 0 Å². The van der Waals surface area contributed by atoms with E-state index in [1.54, 1.807) is 17.0 Å². The van der Waals surface area contributed by atoms with Crippen LogP contribution < -0.4 is 10.1 Å². The molecule has 180 valence electrons. The third kappa shape index (κ3) is 7.88. The van der Waals surface area contributed by atoms with Crippen LogP contribution in [0.3, 0.4) is 0 Å². The summed E-state index contributed by atoms with van der Waals surface area (Å²) in [6, 6.07) is 9.06. The maximum Gasteiger partial charge on any atom is 0.422 e. The highest BCUT2D eigenvalue weighted by atomic mass is 19.4. The molecule has 2 aromatic carbocycles. The Morgan fingerprint density at radius 1 is 1.15 bits per heavy atom. The fourth-order valence-corrected chi connectivity index (χ4v) is 3.74. The minimum absolute atomic E-state index is 0.0141. The van der Waals surface area contributed by atoms with Crippen molar-refractivity contribution in [2.24, 2.45) is 5.92 Å². The Morgan fingerprint density at radius 2 is 1.85 bits per heavy atom. The number of halogens is 5. The third-order valence-corrected chi connectivity index (χ3v) is 5.37. The molecule has 1 aliphatic heterocycles. The van der Waals surface area contributed by atoms with Gasteiger partial charge in [0.1, 0.15) is 5.82 Å². The van der Waals surface area contributed by atoms with Gasteiger partial charge in [0.15, 0.2) is 18.2 Å². The number of benzene rings is 2. The molecule has 1 fully saturated rings. The van der Waals surface area contributed by atoms with Crippen LogP contribution >= 0.6 is 0 Å². The SMILES string of the molecule is CN1CC[C@H](CN(Cc2ccc(F)cc2)C(=O)NCc2ccc(OCC(F)(F)F)c(F)c2)C1. The van der Waals surface area contributed by atoms with Gasteiger partial charge < -0.3 is 19.9 Å². The van der Waals surface area contributed by atoms with E-state index in [1.165, 1.54) is 18.2 Å². The van der Waals surface area contributed by atoms with Crippen LogP contribution in [0, 0.1) is 17.6 Å². The van der Waals surface area contributed by atoms with Gasteiger partial charge in [-0.25, -0.2) is 13.6 Å². The second kappa shape index (κ2) is 10.8. The standard InChI is InChI=1S/C23H26F5N3O2/c1-30-9-8-18(12-30)14-31(13-16-2-5-19(24)6-3-16)22(32)29-11-17-4-7-21(20(25)10-17)33-15-23(26,27)28/h2-7,10,18H,8-9,11-15H2,1H3,(H,29,32)/t18-/m0/s1. The van der Waals surface area contributed by atoms with Gasteiger partial charge in [-0.15, -0.1) is 0 Å². The fourth-order valence-electron chi connectivity index (χ4n) is 3.74. The molecule has 2 amide bonds. The Kier molecular flexibility index (Phi) is 8.12. The van der Waals surface area contributed by atoms with E-state index < -0.39 is 24.3 Å². The average molecular weight is 471 g/mol. The molecule has 1 saturated heterocycles. The maximum atomic E-state index is 14.1. The molecule has 0 aliphatic carbocycles. The molecular formula is C23H26F5N3O2. The summed E-state index contributed by atoms with van der Waals surface area (Å²) in [5, 5.41) is 2.73. The number of hydrogen-bond donors (Lipinski definition) is 1. The summed E-state index contributed by atoms with van der Waals surface area (Å²) in [5.41, 5.74) is 1.15. The molecule has 5 nitrogen and oxygen atoms in total. The summed E-state index contributed by atoms with van der Waals surface area (Å²) in [5.74, 6) is -1.52. The number of carbonyl (C=O) groups is 1. The van der Waals surface area contributed by atoms with Crippen molar-refractivity contribution in [3.63, 3.8) is 0 Å². The van der Waals surface area contributed by atoms with Gasteiger partial charge >= 0.3 is 12.2 Å². The summed E-state index contributed by atoms with van der Waals surface area (Å²) < 4.78 is 68.6. The van der Waals surface area contributed by atoms with Gasteiger partial charge in [-0.05, 0) is 61.3 Å². The minimum atomic E-state index is -4.57. The number of hydrogen-bond acceptors (Lipinski definition) is 3. The number of alkyl halides is 3. The number of nitrogens with one attached hydrogen (secondary N) is 1. The lowest BCUT2D eigenvalue weighted by atomic mass is 10.1. The Hall–Kier alpha value is -2.88. The van der Waals surface area contributed by atoms with E-state index in [4.69, 9.17) is 0 Å². The highest BCUT2D eigenvalue weighted by Crippen LogP contribution is 2.22. The third-order valence-electron chi connectivity index (χ3n) is 5.37. The number of nitrogens with zero attached hydrogens (tertiary/aromatic N) is 2. The molecule has 0 radical (unpaired) electrons. The lowest BCUT2D eigenvalue weighted by Crippen LogP contribution is -2.42. The van der Waals surface area contributed by atoms with E-state index in [0.717, 1.165) is 37.2 Å². The first-order chi connectivity index (χ1) is 15.6. The van der Waals surface area contributed by atoms with Crippen LogP contribution in [0.5, 0.6) is 5.75 Å². The lowest BCUT2D eigenvalue weighted by Gasteiger charge is -2.26. The van der Waals surface area contributed by atoms with Gasteiger partial charge in [0.25, 0.3) is 0 Å². The van der Waals surface area contributed by atoms with Gasteiger partial charge in [-0.2, -0.15) is 13.2 Å². The molecule has 3 rings (SSSR count). The molecule has 0 spiro atoms. The molecule has 1 atom stereocenters. The normalized spacial score (nSPS) is 16.6. The van der Waals surface area contributed by atoms with Gasteiger partial charge in [-0.1, -0.05) is 18.2 Å². The van der Waals surface area contributed by atoms with Crippen molar-refractivity contribution in [2.75, 3.05) is 33.3 Å². The molecule has 0 aromatic heterocycles. The van der Waals surface area contributed by atoms with E-state index >= 15 is 0 Å². The van der Waals surface area contributed by atoms with Crippen molar-refractivity contribution in [3.8, 4) is 5.75 Å². The lowest BCUT2D eigenvalue weighted by molar-refractivity contribution is -0.153. The summed E-state index contributed by atoms with van der Waals surface area (Å²) in [6.07, 6.45) is -3.62. The number of urea groups is 1. The first kappa shape index (κ1) is 24.8. The number of likely N-dealkylation sites (tertiary alicyclic amines) is 1. The van der Waals surface area contributed by atoms with Crippen molar-refractivity contribution in [2.45, 2.75) is 25.7 Å². The zero-order valence-corrected chi connectivity index (χ0v) is 18.2. The van der Waals surface area contributed by atoms with Crippen LogP contribution in [0.1, 0.15) is 17.5 Å². The van der Waals surface area contributed by atoms with Crippen LogP contribution in [-0.4, -0.2) is 55.3 Å². The summed E-state index contributed by atoms with van der Waals surface area (Å²) in [7, 11) is 2.01. The average Bonchev–Trinajstić information content (AvgIpc) is 3.16. The van der Waals surface area contributed by atoms with Crippen molar-refractivity contribution in [1.82, 2.24) is 15.1 Å². The first-order valence-electron chi connectivity index (χ1n) is 10.5. The first-order valence-corrected chi connectivity index (χ1v) is 10.5. The van der Waals surface area contributed by atoms with Crippen molar-refractivity contribution < 1.29 is 31.5 Å². The zero-order chi connectivity index (χ0) is 24.0. The second-order valence-corrected chi connectivity index (χ2v) is 8.25. The maximum absolute atomic E-state index is 14.1. The predicted molar refractivity (Wildman–Crippen MR) is 113 cm³/mol. The largest absolute Gasteiger partial charge is 0.481 e. The number of ether oxygens (including phenoxy) is 1. The zero-order valence-electron chi connectivity index (χ0n) is 18.2. The Balaban J connectivity index is 1.62. The van der Waals surface area contributed by atoms with Crippen LogP contribution in [0.25, 0.3) is 0 Å². The molecule has 1 aliphatic rings. The topological polar surface area (TPSA) is 44.8 Å². The van der Waals surface area contributed by atoms with Crippen molar-refractivity contribution in [3.05, 3.63) is 65.2 Å². The molecule has 2 aromatic rings. The second-order valence-electron chi connectivity index (χ2n) is 8.25. The summed E-state index contributed by atoms with van der Waals surface area (Å²) in [6.45, 7) is 0.988. The monoisotopic (exact) mass is 471 g/mol. The van der Waals surface area contributed by atoms with E-state index in [0.29, 0.717) is 18.0 Å². The van der Waals surface area contributed by atoms with Crippen LogP contribution in [0.15, 0.2) is 42.5 Å². The Bertz CT molecular complexity index is 937.